The molecule has 1 atom stereocenters. The largest absolute Gasteiger partial charge is 0.454 e. The normalized spacial score (nSPS) is 20.8. The first-order valence-corrected chi connectivity index (χ1v) is 5.90. The average molecular weight is 302 g/mol. The molecule has 0 amide bonds. The van der Waals surface area contributed by atoms with Crippen LogP contribution in [0, 0.1) is 0 Å². The van der Waals surface area contributed by atoms with Gasteiger partial charge in [-0.2, -0.15) is 11.1 Å². The van der Waals surface area contributed by atoms with E-state index < -0.39 is 0 Å². The van der Waals surface area contributed by atoms with Gasteiger partial charge in [0.25, 0.3) is 0 Å². The molecule has 0 spiro atoms. The van der Waals surface area contributed by atoms with E-state index in [9.17, 15) is 0 Å². The van der Waals surface area contributed by atoms with E-state index in [0.29, 0.717) is 5.75 Å². The lowest BCUT2D eigenvalue weighted by Gasteiger charge is -2.19. The van der Waals surface area contributed by atoms with Crippen LogP contribution in [0.25, 0.3) is 0 Å². The molecule has 1 aromatic rings. The van der Waals surface area contributed by atoms with Crippen molar-refractivity contribution in [1.29, 1.82) is 0 Å². The molecule has 0 aliphatic carbocycles. The number of ether oxygens (including phenoxy) is 2. The number of halogens is 1. The fourth-order valence-electron chi connectivity index (χ4n) is 1.82. The fraction of sp³-hybridized carbons (Fsp3) is 0.333. The Balaban J connectivity index is 1.90. The first-order valence-electron chi connectivity index (χ1n) is 5.11. The summed E-state index contributed by atoms with van der Waals surface area (Å²) in [7, 11) is 0. The van der Waals surface area contributed by atoms with E-state index in [0.717, 1.165) is 15.8 Å². The first kappa shape index (κ1) is 11.2. The van der Waals surface area contributed by atoms with Crippen LogP contribution in [0.15, 0.2) is 16.6 Å². The van der Waals surface area contributed by atoms with Crippen molar-refractivity contribution in [3.05, 3.63) is 22.2 Å². The minimum atomic E-state index is -0.233. The zero-order valence-corrected chi connectivity index (χ0v) is 10.4. The zero-order chi connectivity index (χ0) is 11.8. The smallest absolute Gasteiger partial charge is 0.231 e. The Bertz CT molecular complexity index is 438. The number of rotatable bonds is 2. The van der Waals surface area contributed by atoms with Crippen LogP contribution in [0.2, 0.25) is 0 Å². The van der Waals surface area contributed by atoms with Gasteiger partial charge in [-0.1, -0.05) is 0 Å². The summed E-state index contributed by atoms with van der Waals surface area (Å²) in [5, 5.41) is 0. The molecule has 2 heterocycles. The van der Waals surface area contributed by atoms with E-state index in [-0.39, 0.29) is 19.0 Å². The summed E-state index contributed by atoms with van der Waals surface area (Å²) in [5.74, 6) is 1.44. The van der Waals surface area contributed by atoms with Crippen LogP contribution in [-0.4, -0.2) is 13.0 Å². The molecule has 2 aliphatic heterocycles. The van der Waals surface area contributed by atoms with Crippen LogP contribution in [0.4, 0.5) is 0 Å². The van der Waals surface area contributed by atoms with Crippen LogP contribution in [0.1, 0.15) is 11.6 Å². The van der Waals surface area contributed by atoms with E-state index in [1.54, 1.807) is 0 Å². The van der Waals surface area contributed by atoms with Gasteiger partial charge >= 0.3 is 0 Å². The van der Waals surface area contributed by atoms with Crippen LogP contribution in [0.5, 0.6) is 11.5 Å². The maximum absolute atomic E-state index is 6.14. The Morgan fingerprint density at radius 3 is 2.82 bits per heavy atom. The van der Waals surface area contributed by atoms with Crippen molar-refractivity contribution in [2.24, 2.45) is 5.73 Å². The SMILES string of the molecule is NC(c1cc(Br)c2c(c1)OCO2)C1NNNN1. The highest BCUT2D eigenvalue weighted by Gasteiger charge is 2.26. The van der Waals surface area contributed by atoms with Crippen molar-refractivity contribution in [2.75, 3.05) is 6.79 Å². The van der Waals surface area contributed by atoms with E-state index in [4.69, 9.17) is 15.2 Å². The predicted molar refractivity (Wildman–Crippen MR) is 63.5 cm³/mol. The highest BCUT2D eigenvalue weighted by Crippen LogP contribution is 2.41. The van der Waals surface area contributed by atoms with E-state index in [2.05, 4.69) is 37.9 Å². The van der Waals surface area contributed by atoms with Crippen LogP contribution >= 0.6 is 15.9 Å². The van der Waals surface area contributed by atoms with Gasteiger partial charge < -0.3 is 15.2 Å². The van der Waals surface area contributed by atoms with Gasteiger partial charge in [0, 0.05) is 0 Å². The Kier molecular flexibility index (Phi) is 2.90. The third-order valence-electron chi connectivity index (χ3n) is 2.71. The van der Waals surface area contributed by atoms with Crippen LogP contribution in [0.3, 0.4) is 0 Å². The standard InChI is InChI=1S/C9H12BrN5O2/c10-5-1-4(2-6-8(5)17-3-16-6)7(11)9-12-14-15-13-9/h1-2,7,9,12-15H,3,11H2. The second kappa shape index (κ2) is 4.41. The zero-order valence-electron chi connectivity index (χ0n) is 8.79. The highest BCUT2D eigenvalue weighted by molar-refractivity contribution is 9.10. The second-order valence-electron chi connectivity index (χ2n) is 3.78. The monoisotopic (exact) mass is 301 g/mol. The highest BCUT2D eigenvalue weighted by atomic mass is 79.9. The topological polar surface area (TPSA) is 92.6 Å². The number of hydrogen-bond donors (Lipinski definition) is 5. The summed E-state index contributed by atoms with van der Waals surface area (Å²) in [6.45, 7) is 0.246. The van der Waals surface area contributed by atoms with Gasteiger partial charge in [-0.3, -0.25) is 0 Å². The van der Waals surface area contributed by atoms with Crippen molar-refractivity contribution in [3.63, 3.8) is 0 Å². The number of hydrazine groups is 3. The number of fused-ring (bicyclic) bond motifs is 1. The Morgan fingerprint density at radius 1 is 1.29 bits per heavy atom. The van der Waals surface area contributed by atoms with Gasteiger partial charge in [0.2, 0.25) is 6.79 Å². The number of nitrogens with two attached hydrogens (primary N) is 1. The summed E-state index contributed by atoms with van der Waals surface area (Å²) < 4.78 is 11.5. The molecule has 1 aromatic carbocycles. The molecule has 0 saturated carbocycles. The summed E-state index contributed by atoms with van der Waals surface area (Å²) in [6, 6.07) is 3.59. The molecule has 6 N–H and O–H groups in total. The van der Waals surface area contributed by atoms with Crippen molar-refractivity contribution in [3.8, 4) is 11.5 Å². The quantitative estimate of drug-likeness (QED) is 0.508. The molecule has 0 radical (unpaired) electrons. The number of hydrogen-bond acceptors (Lipinski definition) is 7. The minimum Gasteiger partial charge on any atom is -0.454 e. The average Bonchev–Trinajstić information content (AvgIpc) is 2.98. The third-order valence-corrected chi connectivity index (χ3v) is 3.30. The summed E-state index contributed by atoms with van der Waals surface area (Å²) >= 11 is 3.44. The van der Waals surface area contributed by atoms with Crippen molar-refractivity contribution in [1.82, 2.24) is 21.9 Å². The molecule has 8 heteroatoms. The van der Waals surface area contributed by atoms with E-state index in [1.165, 1.54) is 0 Å². The molecule has 1 saturated heterocycles. The Labute approximate surface area is 106 Å². The molecule has 92 valence electrons. The lowest BCUT2D eigenvalue weighted by molar-refractivity contribution is 0.173. The molecule has 1 unspecified atom stereocenters. The van der Waals surface area contributed by atoms with Crippen molar-refractivity contribution in [2.45, 2.75) is 12.2 Å². The van der Waals surface area contributed by atoms with E-state index in [1.807, 2.05) is 12.1 Å². The maximum atomic E-state index is 6.14. The maximum Gasteiger partial charge on any atom is 0.231 e. The van der Waals surface area contributed by atoms with Crippen LogP contribution in [-0.2, 0) is 0 Å². The van der Waals surface area contributed by atoms with Gasteiger partial charge in [-0.25, -0.2) is 10.9 Å². The summed E-state index contributed by atoms with van der Waals surface area (Å²) in [6.07, 6.45) is -0.109. The summed E-state index contributed by atoms with van der Waals surface area (Å²) in [4.78, 5) is 0. The Morgan fingerprint density at radius 2 is 2.06 bits per heavy atom. The molecule has 3 rings (SSSR count). The predicted octanol–water partition coefficient (Wildman–Crippen LogP) is -0.379. The van der Waals surface area contributed by atoms with Gasteiger partial charge in [-0.15, -0.1) is 0 Å². The van der Waals surface area contributed by atoms with E-state index >= 15 is 0 Å². The Hall–Kier alpha value is -0.900. The molecular weight excluding hydrogens is 290 g/mol. The lowest BCUT2D eigenvalue weighted by atomic mass is 10.0. The van der Waals surface area contributed by atoms with Crippen molar-refractivity contribution < 1.29 is 9.47 Å². The molecule has 7 nitrogen and oxygen atoms in total. The van der Waals surface area contributed by atoms with Gasteiger partial charge in [0.15, 0.2) is 11.5 Å². The molecule has 1 fully saturated rings. The molecule has 2 aliphatic rings. The number of benzene rings is 1. The minimum absolute atomic E-state index is 0.109. The van der Waals surface area contributed by atoms with Gasteiger partial charge in [-0.05, 0) is 33.6 Å². The van der Waals surface area contributed by atoms with Gasteiger partial charge in [0.05, 0.1) is 10.5 Å². The third kappa shape index (κ3) is 1.99. The molecular formula is C9H12BrN5O2. The molecule has 0 aromatic heterocycles. The first-order chi connectivity index (χ1) is 8.25. The lowest BCUT2D eigenvalue weighted by Crippen LogP contribution is -2.43. The van der Waals surface area contributed by atoms with Crippen LogP contribution < -0.4 is 37.1 Å². The molecule has 0 bridgehead atoms. The summed E-state index contributed by atoms with van der Waals surface area (Å²) in [5.41, 5.74) is 18.5. The number of nitrogens with one attached hydrogen (secondary N) is 4. The fourth-order valence-corrected chi connectivity index (χ4v) is 2.39. The second-order valence-corrected chi connectivity index (χ2v) is 4.63. The van der Waals surface area contributed by atoms with Crippen molar-refractivity contribution >= 4 is 15.9 Å². The molecule has 17 heavy (non-hydrogen) atoms. The van der Waals surface area contributed by atoms with Gasteiger partial charge in [0.1, 0.15) is 6.17 Å².